The first-order valence-electron chi connectivity index (χ1n) is 7.15. The van der Waals surface area contributed by atoms with Crippen LogP contribution < -0.4 is 10.2 Å². The quantitative estimate of drug-likeness (QED) is 0.915. The molecule has 2 aliphatic rings. The van der Waals surface area contributed by atoms with E-state index in [9.17, 15) is 9.18 Å². The second-order valence-electron chi connectivity index (χ2n) is 5.42. The van der Waals surface area contributed by atoms with Crippen LogP contribution in [0.3, 0.4) is 0 Å². The van der Waals surface area contributed by atoms with E-state index in [0.717, 1.165) is 18.5 Å². The van der Waals surface area contributed by atoms with Gasteiger partial charge in [0.2, 0.25) is 0 Å². The molecule has 2 fully saturated rings. The number of halogens is 1. The van der Waals surface area contributed by atoms with Gasteiger partial charge in [0, 0.05) is 18.3 Å². The molecule has 1 saturated carbocycles. The van der Waals surface area contributed by atoms with Crippen LogP contribution in [0.1, 0.15) is 19.3 Å². The zero-order valence-electron chi connectivity index (χ0n) is 11.3. The number of carbonyl (C=O) groups is 1. The van der Waals surface area contributed by atoms with Gasteiger partial charge in [-0.15, -0.1) is 0 Å². The van der Waals surface area contributed by atoms with Crippen molar-refractivity contribution >= 4 is 11.6 Å². The summed E-state index contributed by atoms with van der Waals surface area (Å²) >= 11 is 0. The Balaban J connectivity index is 1.62. The molecule has 3 rings (SSSR count). The summed E-state index contributed by atoms with van der Waals surface area (Å²) in [5.41, 5.74) is 0.801. The SMILES string of the molecule is O=C(NC1CCC1)[C@H]1CN(c2cccc(F)c2)CCO1. The number of morpholine rings is 1. The van der Waals surface area contributed by atoms with Crippen LogP contribution in [0, 0.1) is 5.82 Å². The van der Waals surface area contributed by atoms with Gasteiger partial charge in [0.25, 0.3) is 5.91 Å². The zero-order valence-corrected chi connectivity index (χ0v) is 11.3. The van der Waals surface area contributed by atoms with Gasteiger partial charge in [-0.25, -0.2) is 4.39 Å². The van der Waals surface area contributed by atoms with Crippen molar-refractivity contribution in [2.75, 3.05) is 24.6 Å². The summed E-state index contributed by atoms with van der Waals surface area (Å²) in [7, 11) is 0. The fourth-order valence-corrected chi connectivity index (χ4v) is 2.56. The van der Waals surface area contributed by atoms with Gasteiger partial charge in [-0.05, 0) is 37.5 Å². The highest BCUT2D eigenvalue weighted by Gasteiger charge is 2.29. The lowest BCUT2D eigenvalue weighted by atomic mass is 9.93. The molecule has 1 heterocycles. The number of hydrogen-bond donors (Lipinski definition) is 1. The van der Waals surface area contributed by atoms with Crippen LogP contribution in [0.25, 0.3) is 0 Å². The molecule has 1 aromatic rings. The summed E-state index contributed by atoms with van der Waals surface area (Å²) in [5, 5.41) is 3.00. The van der Waals surface area contributed by atoms with Crippen molar-refractivity contribution in [3.05, 3.63) is 30.1 Å². The standard InChI is InChI=1S/C15H19FN2O2/c16-11-3-1-6-13(9-11)18-7-8-20-14(10-18)15(19)17-12-4-2-5-12/h1,3,6,9,12,14H,2,4-5,7-8,10H2,(H,17,19)/t14-/m1/s1. The highest BCUT2D eigenvalue weighted by Crippen LogP contribution is 2.21. The van der Waals surface area contributed by atoms with Crippen LogP contribution in [0.4, 0.5) is 10.1 Å². The molecule has 0 spiro atoms. The Labute approximate surface area is 117 Å². The lowest BCUT2D eigenvalue weighted by Crippen LogP contribution is -2.53. The second-order valence-corrected chi connectivity index (χ2v) is 5.42. The predicted octanol–water partition coefficient (Wildman–Crippen LogP) is 1.70. The molecular weight excluding hydrogens is 259 g/mol. The maximum absolute atomic E-state index is 13.3. The molecule has 0 aromatic heterocycles. The molecule has 0 unspecified atom stereocenters. The average Bonchev–Trinajstić information content (AvgIpc) is 2.43. The summed E-state index contributed by atoms with van der Waals surface area (Å²) in [5.74, 6) is -0.305. The molecule has 4 nitrogen and oxygen atoms in total. The lowest BCUT2D eigenvalue weighted by molar-refractivity contribution is -0.134. The Morgan fingerprint density at radius 3 is 2.95 bits per heavy atom. The summed E-state index contributed by atoms with van der Waals surface area (Å²) in [4.78, 5) is 14.1. The Morgan fingerprint density at radius 2 is 2.25 bits per heavy atom. The van der Waals surface area contributed by atoms with Crippen molar-refractivity contribution in [1.29, 1.82) is 0 Å². The largest absolute Gasteiger partial charge is 0.366 e. The number of carbonyl (C=O) groups excluding carboxylic acids is 1. The number of anilines is 1. The molecule has 1 aliphatic heterocycles. The maximum atomic E-state index is 13.3. The fraction of sp³-hybridized carbons (Fsp3) is 0.533. The van der Waals surface area contributed by atoms with E-state index in [4.69, 9.17) is 4.74 Å². The highest BCUT2D eigenvalue weighted by molar-refractivity contribution is 5.82. The Hall–Kier alpha value is -1.62. The summed E-state index contributed by atoms with van der Waals surface area (Å²) in [6.07, 6.45) is 2.84. The van der Waals surface area contributed by atoms with Gasteiger partial charge >= 0.3 is 0 Å². The van der Waals surface area contributed by atoms with Gasteiger partial charge < -0.3 is 15.0 Å². The molecule has 1 amide bonds. The molecule has 1 aliphatic carbocycles. The first kappa shape index (κ1) is 13.4. The normalized spacial score (nSPS) is 23.2. The van der Waals surface area contributed by atoms with E-state index < -0.39 is 6.10 Å². The summed E-state index contributed by atoms with van der Waals surface area (Å²) in [6.45, 7) is 1.64. The van der Waals surface area contributed by atoms with Gasteiger partial charge in [0.1, 0.15) is 5.82 Å². The van der Waals surface area contributed by atoms with Crippen molar-refractivity contribution in [3.63, 3.8) is 0 Å². The molecule has 1 aromatic carbocycles. The number of benzene rings is 1. The number of amides is 1. The van der Waals surface area contributed by atoms with Gasteiger partial charge in [-0.3, -0.25) is 4.79 Å². The van der Waals surface area contributed by atoms with Gasteiger partial charge in [-0.1, -0.05) is 6.07 Å². The maximum Gasteiger partial charge on any atom is 0.251 e. The second kappa shape index (κ2) is 5.79. The van der Waals surface area contributed by atoms with Crippen molar-refractivity contribution in [1.82, 2.24) is 5.32 Å². The third-order valence-electron chi connectivity index (χ3n) is 3.98. The van der Waals surface area contributed by atoms with E-state index in [1.54, 1.807) is 6.07 Å². The fourth-order valence-electron chi connectivity index (χ4n) is 2.56. The van der Waals surface area contributed by atoms with E-state index in [0.29, 0.717) is 25.7 Å². The highest BCUT2D eigenvalue weighted by atomic mass is 19.1. The van der Waals surface area contributed by atoms with Crippen molar-refractivity contribution in [2.24, 2.45) is 0 Å². The molecule has 0 bridgehead atoms. The topological polar surface area (TPSA) is 41.6 Å². The molecule has 20 heavy (non-hydrogen) atoms. The van der Waals surface area contributed by atoms with Gasteiger partial charge in [0.15, 0.2) is 6.10 Å². The number of ether oxygens (including phenoxy) is 1. The van der Waals surface area contributed by atoms with Crippen molar-refractivity contribution < 1.29 is 13.9 Å². The van der Waals surface area contributed by atoms with E-state index in [-0.39, 0.29) is 11.7 Å². The number of nitrogens with one attached hydrogen (secondary N) is 1. The average molecular weight is 278 g/mol. The third-order valence-corrected chi connectivity index (χ3v) is 3.98. The minimum atomic E-state index is -0.465. The smallest absolute Gasteiger partial charge is 0.251 e. The van der Waals surface area contributed by atoms with Crippen LogP contribution in [0.15, 0.2) is 24.3 Å². The van der Waals surface area contributed by atoms with Crippen LogP contribution in [-0.2, 0) is 9.53 Å². The Kier molecular flexibility index (Phi) is 3.87. The monoisotopic (exact) mass is 278 g/mol. The van der Waals surface area contributed by atoms with E-state index in [2.05, 4.69) is 5.32 Å². The lowest BCUT2D eigenvalue weighted by Gasteiger charge is -2.35. The van der Waals surface area contributed by atoms with Crippen LogP contribution in [-0.4, -0.2) is 37.7 Å². The molecule has 5 heteroatoms. The predicted molar refractivity (Wildman–Crippen MR) is 74.1 cm³/mol. The number of nitrogens with zero attached hydrogens (tertiary/aromatic N) is 1. The van der Waals surface area contributed by atoms with Crippen molar-refractivity contribution in [3.8, 4) is 0 Å². The van der Waals surface area contributed by atoms with E-state index in [1.807, 2.05) is 11.0 Å². The number of hydrogen-bond acceptors (Lipinski definition) is 3. The minimum absolute atomic E-state index is 0.0456. The van der Waals surface area contributed by atoms with Gasteiger partial charge in [0.05, 0.1) is 13.2 Å². The summed E-state index contributed by atoms with van der Waals surface area (Å²) < 4.78 is 18.8. The summed E-state index contributed by atoms with van der Waals surface area (Å²) in [6, 6.07) is 6.77. The molecule has 108 valence electrons. The molecule has 1 atom stereocenters. The van der Waals surface area contributed by atoms with Crippen molar-refractivity contribution in [2.45, 2.75) is 31.4 Å². The van der Waals surface area contributed by atoms with Crippen LogP contribution in [0.2, 0.25) is 0 Å². The van der Waals surface area contributed by atoms with Gasteiger partial charge in [-0.2, -0.15) is 0 Å². The van der Waals surface area contributed by atoms with Crippen LogP contribution in [0.5, 0.6) is 0 Å². The first-order chi connectivity index (χ1) is 9.72. The van der Waals surface area contributed by atoms with E-state index in [1.165, 1.54) is 18.6 Å². The zero-order chi connectivity index (χ0) is 13.9. The molecule has 1 N–H and O–H groups in total. The number of rotatable bonds is 3. The molecule has 0 radical (unpaired) electrons. The minimum Gasteiger partial charge on any atom is -0.366 e. The first-order valence-corrected chi connectivity index (χ1v) is 7.15. The Morgan fingerprint density at radius 1 is 1.40 bits per heavy atom. The van der Waals surface area contributed by atoms with E-state index >= 15 is 0 Å². The molecular formula is C15H19FN2O2. The third kappa shape index (κ3) is 2.93. The Bertz CT molecular complexity index is 491. The van der Waals surface area contributed by atoms with Crippen LogP contribution >= 0.6 is 0 Å². The molecule has 1 saturated heterocycles.